The van der Waals surface area contributed by atoms with Gasteiger partial charge in [-0.1, -0.05) is 24.3 Å². The first-order chi connectivity index (χ1) is 14.3. The molecule has 0 bridgehead atoms. The number of fused-ring (bicyclic) bond motifs is 3. The van der Waals surface area contributed by atoms with Gasteiger partial charge in [-0.3, -0.25) is 0 Å². The van der Waals surface area contributed by atoms with Crippen LogP contribution in [0.1, 0.15) is 42.5 Å². The molecule has 0 saturated heterocycles. The van der Waals surface area contributed by atoms with E-state index < -0.39 is 0 Å². The van der Waals surface area contributed by atoms with Crippen molar-refractivity contribution < 1.29 is 13.9 Å². The van der Waals surface area contributed by atoms with Gasteiger partial charge in [-0.05, 0) is 43.5 Å². The lowest BCUT2D eigenvalue weighted by atomic mass is 9.97. The van der Waals surface area contributed by atoms with Crippen LogP contribution in [-0.4, -0.2) is 23.6 Å². The number of ether oxygens (including phenoxy) is 2. The van der Waals surface area contributed by atoms with Gasteiger partial charge in [0.05, 0.1) is 18.9 Å². The fraction of sp³-hybridized carbons (Fsp3) is 0.261. The minimum Gasteiger partial charge on any atom is -0.490 e. The predicted molar refractivity (Wildman–Crippen MR) is 114 cm³/mol. The first kappa shape index (κ1) is 18.2. The topological polar surface area (TPSA) is 47.2 Å². The van der Waals surface area contributed by atoms with Crippen LogP contribution in [0.5, 0.6) is 11.5 Å². The van der Waals surface area contributed by atoms with E-state index in [4.69, 9.17) is 19.0 Å². The Bertz CT molecular complexity index is 1030. The van der Waals surface area contributed by atoms with Gasteiger partial charge in [-0.25, -0.2) is 5.01 Å². The van der Waals surface area contributed by atoms with Crippen LogP contribution in [0.3, 0.4) is 0 Å². The molecule has 2 aliphatic rings. The van der Waals surface area contributed by atoms with Crippen molar-refractivity contribution in [1.29, 1.82) is 0 Å². The van der Waals surface area contributed by atoms with Gasteiger partial charge >= 0.3 is 0 Å². The van der Waals surface area contributed by atoms with E-state index >= 15 is 0 Å². The highest BCUT2D eigenvalue weighted by atomic mass is 32.2. The molecular formula is C23H22N2O3S. The standard InChI is InChI=1S/C23H22N2O3S/c1-3-26-21-7-4-6-17-19-14-18(20-8-5-13-27-20)24-25(19)23(28-22(17)21)15-9-11-16(29-2)12-10-15/h4-13,19,23H,3,14H2,1-2H3/t19-,23-/m0/s1. The molecule has 3 aromatic rings. The lowest BCUT2D eigenvalue weighted by Crippen LogP contribution is -2.33. The van der Waals surface area contributed by atoms with Crippen molar-refractivity contribution in [2.24, 2.45) is 5.10 Å². The third kappa shape index (κ3) is 3.17. The minimum atomic E-state index is -0.322. The molecular weight excluding hydrogens is 384 g/mol. The predicted octanol–water partition coefficient (Wildman–Crippen LogP) is 5.64. The molecule has 29 heavy (non-hydrogen) atoms. The van der Waals surface area contributed by atoms with Gasteiger partial charge in [0.15, 0.2) is 11.5 Å². The third-order valence-electron chi connectivity index (χ3n) is 5.29. The zero-order valence-corrected chi connectivity index (χ0v) is 17.2. The molecule has 0 fully saturated rings. The van der Waals surface area contributed by atoms with Crippen LogP contribution in [0.4, 0.5) is 0 Å². The summed E-state index contributed by atoms with van der Waals surface area (Å²) in [6.45, 7) is 2.58. The van der Waals surface area contributed by atoms with Crippen molar-refractivity contribution in [2.75, 3.05) is 12.9 Å². The van der Waals surface area contributed by atoms with E-state index in [2.05, 4.69) is 41.6 Å². The van der Waals surface area contributed by atoms with E-state index in [1.54, 1.807) is 18.0 Å². The minimum absolute atomic E-state index is 0.0736. The van der Waals surface area contributed by atoms with Gasteiger partial charge in [0.2, 0.25) is 6.23 Å². The summed E-state index contributed by atoms with van der Waals surface area (Å²) in [5.74, 6) is 2.39. The lowest BCUT2D eigenvalue weighted by Gasteiger charge is -2.38. The first-order valence-electron chi connectivity index (χ1n) is 9.74. The monoisotopic (exact) mass is 406 g/mol. The second-order valence-corrected chi connectivity index (χ2v) is 7.85. The largest absolute Gasteiger partial charge is 0.490 e. The van der Waals surface area contributed by atoms with Crippen LogP contribution >= 0.6 is 11.8 Å². The van der Waals surface area contributed by atoms with E-state index in [0.717, 1.165) is 40.5 Å². The SMILES string of the molecule is CCOc1cccc2c1O[C@@H](c1ccc(SC)cc1)N1N=C(c3ccco3)C[C@@H]21. The Labute approximate surface area is 174 Å². The van der Waals surface area contributed by atoms with E-state index in [1.807, 2.05) is 31.2 Å². The summed E-state index contributed by atoms with van der Waals surface area (Å²) in [7, 11) is 0. The molecule has 2 aliphatic heterocycles. The number of furan rings is 1. The molecule has 0 aliphatic carbocycles. The van der Waals surface area contributed by atoms with Crippen LogP contribution < -0.4 is 9.47 Å². The molecule has 0 saturated carbocycles. The van der Waals surface area contributed by atoms with Gasteiger partial charge in [-0.15, -0.1) is 11.8 Å². The number of thioether (sulfide) groups is 1. The number of nitrogens with zero attached hydrogens (tertiary/aromatic N) is 2. The zero-order chi connectivity index (χ0) is 19.8. The molecule has 148 valence electrons. The van der Waals surface area contributed by atoms with Gasteiger partial charge in [0.25, 0.3) is 0 Å². The molecule has 5 nitrogen and oxygen atoms in total. The molecule has 0 radical (unpaired) electrons. The highest BCUT2D eigenvalue weighted by molar-refractivity contribution is 7.98. The average Bonchev–Trinajstić information content (AvgIpc) is 3.44. The van der Waals surface area contributed by atoms with E-state index in [1.165, 1.54) is 4.90 Å². The van der Waals surface area contributed by atoms with Crippen molar-refractivity contribution in [2.45, 2.75) is 30.5 Å². The number of hydrazone groups is 1. The van der Waals surface area contributed by atoms with E-state index in [-0.39, 0.29) is 12.3 Å². The number of rotatable bonds is 5. The number of benzene rings is 2. The summed E-state index contributed by atoms with van der Waals surface area (Å²) in [5.41, 5.74) is 3.09. The normalized spacial score (nSPS) is 19.9. The Hall–Kier alpha value is -2.86. The maximum Gasteiger partial charge on any atom is 0.214 e. The van der Waals surface area contributed by atoms with E-state index in [0.29, 0.717) is 6.61 Å². The van der Waals surface area contributed by atoms with Crippen molar-refractivity contribution >= 4 is 17.5 Å². The molecule has 0 unspecified atom stereocenters. The van der Waals surface area contributed by atoms with Crippen molar-refractivity contribution in [3.05, 3.63) is 77.7 Å². The molecule has 0 N–H and O–H groups in total. The summed E-state index contributed by atoms with van der Waals surface area (Å²) in [6.07, 6.45) is 4.20. The van der Waals surface area contributed by atoms with Crippen molar-refractivity contribution in [3.63, 3.8) is 0 Å². The third-order valence-corrected chi connectivity index (χ3v) is 6.03. The molecule has 2 aromatic carbocycles. The fourth-order valence-electron chi connectivity index (χ4n) is 3.93. The van der Waals surface area contributed by atoms with Gasteiger partial charge in [0, 0.05) is 22.4 Å². The Morgan fingerprint density at radius 2 is 2.00 bits per heavy atom. The Morgan fingerprint density at radius 3 is 2.72 bits per heavy atom. The maximum absolute atomic E-state index is 6.51. The lowest BCUT2D eigenvalue weighted by molar-refractivity contribution is -0.0212. The van der Waals surface area contributed by atoms with Crippen LogP contribution in [0.2, 0.25) is 0 Å². The highest BCUT2D eigenvalue weighted by Gasteiger charge is 2.42. The van der Waals surface area contributed by atoms with Crippen LogP contribution in [0.15, 0.2) is 75.3 Å². The van der Waals surface area contributed by atoms with Crippen molar-refractivity contribution in [1.82, 2.24) is 5.01 Å². The maximum atomic E-state index is 6.51. The molecule has 0 spiro atoms. The van der Waals surface area contributed by atoms with Crippen molar-refractivity contribution in [3.8, 4) is 11.5 Å². The highest BCUT2D eigenvalue weighted by Crippen LogP contribution is 2.50. The summed E-state index contributed by atoms with van der Waals surface area (Å²) in [5, 5.41) is 6.97. The Balaban J connectivity index is 1.60. The van der Waals surface area contributed by atoms with Gasteiger partial charge in [-0.2, -0.15) is 5.10 Å². The van der Waals surface area contributed by atoms with Gasteiger partial charge in [0.1, 0.15) is 11.5 Å². The zero-order valence-electron chi connectivity index (χ0n) is 16.4. The number of para-hydroxylation sites is 1. The molecule has 6 heteroatoms. The summed E-state index contributed by atoms with van der Waals surface area (Å²) in [4.78, 5) is 1.22. The summed E-state index contributed by atoms with van der Waals surface area (Å²) in [6, 6.07) is 18.5. The van der Waals surface area contributed by atoms with Crippen LogP contribution in [-0.2, 0) is 0 Å². The van der Waals surface area contributed by atoms with Crippen LogP contribution in [0, 0.1) is 0 Å². The van der Waals surface area contributed by atoms with Crippen LogP contribution in [0.25, 0.3) is 0 Å². The van der Waals surface area contributed by atoms with Gasteiger partial charge < -0.3 is 13.9 Å². The Kier molecular flexibility index (Phi) is 4.72. The fourth-order valence-corrected chi connectivity index (χ4v) is 4.34. The summed E-state index contributed by atoms with van der Waals surface area (Å²) < 4.78 is 18.0. The van der Waals surface area contributed by atoms with E-state index in [9.17, 15) is 0 Å². The number of hydrogen-bond donors (Lipinski definition) is 0. The molecule has 3 heterocycles. The molecule has 1 aromatic heterocycles. The second kappa shape index (κ2) is 7.52. The Morgan fingerprint density at radius 1 is 1.14 bits per heavy atom. The summed E-state index contributed by atoms with van der Waals surface area (Å²) >= 11 is 1.73. The second-order valence-electron chi connectivity index (χ2n) is 6.97. The quantitative estimate of drug-likeness (QED) is 0.513. The average molecular weight is 407 g/mol. The smallest absolute Gasteiger partial charge is 0.214 e. The number of hydrogen-bond acceptors (Lipinski definition) is 6. The molecule has 5 rings (SSSR count). The molecule has 0 amide bonds. The first-order valence-corrected chi connectivity index (χ1v) is 11.0. The molecule has 2 atom stereocenters.